The van der Waals surface area contributed by atoms with Crippen molar-refractivity contribution in [3.8, 4) is 0 Å². The molecule has 0 radical (unpaired) electrons. The molecule has 0 bridgehead atoms. The first-order valence-electron chi connectivity index (χ1n) is 8.56. The molecule has 0 atom stereocenters. The van der Waals surface area contributed by atoms with Crippen LogP contribution in [0.1, 0.15) is 19.3 Å². The van der Waals surface area contributed by atoms with Crippen molar-refractivity contribution in [2.75, 3.05) is 51.3 Å². The Balaban J connectivity index is 1.58. The number of likely N-dealkylation sites (N-methyl/N-ethyl adjacent to an activating group) is 1. The first-order valence-corrected chi connectivity index (χ1v) is 8.94. The van der Waals surface area contributed by atoms with Gasteiger partial charge in [0.1, 0.15) is 0 Å². The Kier molecular flexibility index (Phi) is 7.93. The van der Waals surface area contributed by atoms with Gasteiger partial charge in [0.25, 0.3) is 0 Å². The molecule has 0 spiro atoms. The van der Waals surface area contributed by atoms with Crippen LogP contribution in [0.2, 0.25) is 5.02 Å². The van der Waals surface area contributed by atoms with E-state index in [-0.39, 0.29) is 0 Å². The summed E-state index contributed by atoms with van der Waals surface area (Å²) in [5.41, 5.74) is 1.29. The van der Waals surface area contributed by atoms with Gasteiger partial charge in [-0.3, -0.25) is 0 Å². The standard InChI is InChI=1S/C19H29ClN2O/c1-3-11-21(2)14-16-23-15-10-17-8-12-22(13-9-17)19-6-4-18(20)5-7-19/h3-7,17H,1,8-16H2,2H3. The molecule has 0 unspecified atom stereocenters. The molecule has 0 aromatic heterocycles. The summed E-state index contributed by atoms with van der Waals surface area (Å²) in [5, 5.41) is 0.805. The summed E-state index contributed by atoms with van der Waals surface area (Å²) < 4.78 is 5.77. The van der Waals surface area contributed by atoms with Gasteiger partial charge in [-0.2, -0.15) is 0 Å². The van der Waals surface area contributed by atoms with Crippen LogP contribution in [0.25, 0.3) is 0 Å². The zero-order chi connectivity index (χ0) is 16.5. The van der Waals surface area contributed by atoms with Gasteiger partial charge < -0.3 is 14.5 Å². The monoisotopic (exact) mass is 336 g/mol. The number of ether oxygens (including phenoxy) is 1. The van der Waals surface area contributed by atoms with Crippen LogP contribution in [-0.4, -0.2) is 51.3 Å². The Bertz CT molecular complexity index is 455. The van der Waals surface area contributed by atoms with Crippen LogP contribution in [0.15, 0.2) is 36.9 Å². The van der Waals surface area contributed by atoms with Gasteiger partial charge in [-0.05, 0) is 56.5 Å². The van der Waals surface area contributed by atoms with Crippen molar-refractivity contribution in [1.29, 1.82) is 0 Å². The third-order valence-corrected chi connectivity index (χ3v) is 4.79. The second kappa shape index (κ2) is 9.96. The van der Waals surface area contributed by atoms with Crippen LogP contribution in [0.5, 0.6) is 0 Å². The van der Waals surface area contributed by atoms with Gasteiger partial charge in [0, 0.05) is 43.5 Å². The quantitative estimate of drug-likeness (QED) is 0.499. The van der Waals surface area contributed by atoms with Crippen molar-refractivity contribution in [1.82, 2.24) is 4.90 Å². The van der Waals surface area contributed by atoms with E-state index in [1.165, 1.54) is 24.9 Å². The van der Waals surface area contributed by atoms with Crippen molar-refractivity contribution in [2.45, 2.75) is 19.3 Å². The van der Waals surface area contributed by atoms with Gasteiger partial charge in [0.2, 0.25) is 0 Å². The maximum Gasteiger partial charge on any atom is 0.0593 e. The van der Waals surface area contributed by atoms with Crippen LogP contribution < -0.4 is 4.90 Å². The number of piperidine rings is 1. The average molecular weight is 337 g/mol. The molecule has 3 nitrogen and oxygen atoms in total. The highest BCUT2D eigenvalue weighted by Crippen LogP contribution is 2.26. The number of nitrogens with zero attached hydrogens (tertiary/aromatic N) is 2. The average Bonchev–Trinajstić information content (AvgIpc) is 2.56. The lowest BCUT2D eigenvalue weighted by molar-refractivity contribution is 0.0998. The largest absolute Gasteiger partial charge is 0.380 e. The zero-order valence-electron chi connectivity index (χ0n) is 14.2. The van der Waals surface area contributed by atoms with E-state index in [4.69, 9.17) is 16.3 Å². The smallest absolute Gasteiger partial charge is 0.0593 e. The first kappa shape index (κ1) is 18.3. The lowest BCUT2D eigenvalue weighted by Crippen LogP contribution is -2.34. The van der Waals surface area contributed by atoms with Gasteiger partial charge >= 0.3 is 0 Å². The summed E-state index contributed by atoms with van der Waals surface area (Å²) in [6.07, 6.45) is 5.61. The third kappa shape index (κ3) is 6.54. The van der Waals surface area contributed by atoms with Crippen molar-refractivity contribution in [2.24, 2.45) is 5.92 Å². The summed E-state index contributed by atoms with van der Waals surface area (Å²) in [7, 11) is 2.09. The fourth-order valence-electron chi connectivity index (χ4n) is 3.02. The minimum absolute atomic E-state index is 0.796. The molecule has 128 valence electrons. The second-order valence-corrected chi connectivity index (χ2v) is 6.80. The van der Waals surface area contributed by atoms with Crippen LogP contribution >= 0.6 is 11.6 Å². The summed E-state index contributed by atoms with van der Waals surface area (Å²) in [5.74, 6) is 0.796. The highest BCUT2D eigenvalue weighted by Gasteiger charge is 2.19. The summed E-state index contributed by atoms with van der Waals surface area (Å²) in [6, 6.07) is 8.18. The summed E-state index contributed by atoms with van der Waals surface area (Å²) >= 11 is 5.95. The fourth-order valence-corrected chi connectivity index (χ4v) is 3.14. The zero-order valence-corrected chi connectivity index (χ0v) is 15.0. The third-order valence-electron chi connectivity index (χ3n) is 4.53. The fraction of sp³-hybridized carbons (Fsp3) is 0.579. The first-order chi connectivity index (χ1) is 11.2. The van der Waals surface area contributed by atoms with E-state index in [0.29, 0.717) is 0 Å². The van der Waals surface area contributed by atoms with Crippen molar-refractivity contribution < 1.29 is 4.74 Å². The molecule has 1 heterocycles. The van der Waals surface area contributed by atoms with E-state index in [2.05, 4.69) is 35.6 Å². The van der Waals surface area contributed by atoms with E-state index in [0.717, 1.165) is 50.3 Å². The van der Waals surface area contributed by atoms with E-state index in [9.17, 15) is 0 Å². The highest BCUT2D eigenvalue weighted by atomic mass is 35.5. The molecule has 0 saturated carbocycles. The van der Waals surface area contributed by atoms with Gasteiger partial charge in [0.15, 0.2) is 0 Å². The molecule has 0 amide bonds. The number of benzene rings is 1. The molecule has 0 N–H and O–H groups in total. The Labute approximate surface area is 145 Å². The lowest BCUT2D eigenvalue weighted by atomic mass is 9.93. The number of rotatable bonds is 9. The molecule has 1 aromatic carbocycles. The van der Waals surface area contributed by atoms with Crippen molar-refractivity contribution >= 4 is 17.3 Å². The summed E-state index contributed by atoms with van der Waals surface area (Å²) in [6.45, 7) is 9.60. The molecule has 1 aliphatic heterocycles. The molecule has 0 aliphatic carbocycles. The van der Waals surface area contributed by atoms with E-state index >= 15 is 0 Å². The molecule has 23 heavy (non-hydrogen) atoms. The molecule has 1 fully saturated rings. The second-order valence-electron chi connectivity index (χ2n) is 6.36. The number of hydrogen-bond acceptors (Lipinski definition) is 3. The van der Waals surface area contributed by atoms with Gasteiger partial charge in [-0.25, -0.2) is 0 Å². The molecular formula is C19H29ClN2O. The van der Waals surface area contributed by atoms with Gasteiger partial charge in [-0.15, -0.1) is 6.58 Å². The van der Waals surface area contributed by atoms with Gasteiger partial charge in [-0.1, -0.05) is 17.7 Å². The van der Waals surface area contributed by atoms with E-state index in [1.807, 2.05) is 18.2 Å². The minimum Gasteiger partial charge on any atom is -0.380 e. The van der Waals surface area contributed by atoms with Crippen LogP contribution in [0.4, 0.5) is 5.69 Å². The Morgan fingerprint density at radius 2 is 1.96 bits per heavy atom. The normalized spacial score (nSPS) is 16.0. The van der Waals surface area contributed by atoms with E-state index < -0.39 is 0 Å². The molecule has 1 aliphatic rings. The maximum atomic E-state index is 5.95. The minimum atomic E-state index is 0.796. The maximum absolute atomic E-state index is 5.95. The number of anilines is 1. The number of hydrogen-bond donors (Lipinski definition) is 0. The Hall–Kier alpha value is -1.03. The lowest BCUT2D eigenvalue weighted by Gasteiger charge is -2.33. The summed E-state index contributed by atoms with van der Waals surface area (Å²) in [4.78, 5) is 4.68. The van der Waals surface area contributed by atoms with Crippen LogP contribution in [0.3, 0.4) is 0 Å². The van der Waals surface area contributed by atoms with Crippen molar-refractivity contribution in [3.63, 3.8) is 0 Å². The van der Waals surface area contributed by atoms with Crippen LogP contribution in [0, 0.1) is 5.92 Å². The van der Waals surface area contributed by atoms with Gasteiger partial charge in [0.05, 0.1) is 6.61 Å². The topological polar surface area (TPSA) is 15.7 Å². The highest BCUT2D eigenvalue weighted by molar-refractivity contribution is 6.30. The van der Waals surface area contributed by atoms with Crippen molar-refractivity contribution in [3.05, 3.63) is 41.9 Å². The SMILES string of the molecule is C=CCN(C)CCOCCC1CCN(c2ccc(Cl)cc2)CC1. The van der Waals surface area contributed by atoms with E-state index in [1.54, 1.807) is 0 Å². The Morgan fingerprint density at radius 3 is 2.61 bits per heavy atom. The number of halogens is 1. The predicted octanol–water partition coefficient (Wildman–Crippen LogP) is 4.08. The Morgan fingerprint density at radius 1 is 1.26 bits per heavy atom. The molecule has 4 heteroatoms. The molecule has 1 saturated heterocycles. The molecule has 2 rings (SSSR count). The predicted molar refractivity (Wildman–Crippen MR) is 99.5 cm³/mol. The molecule has 1 aromatic rings. The molecular weight excluding hydrogens is 308 g/mol. The van der Waals surface area contributed by atoms with Crippen LogP contribution in [-0.2, 0) is 4.74 Å².